The number of esters is 2. The fraction of sp³-hybridized carbons (Fsp3) is 0.833. The van der Waals surface area contributed by atoms with E-state index in [4.69, 9.17) is 4.74 Å². The molecule has 0 aliphatic carbocycles. The van der Waals surface area contributed by atoms with Crippen molar-refractivity contribution < 1.29 is 19.5 Å². The minimum Gasteiger partial charge on any atom is -0.392 e. The van der Waals surface area contributed by atoms with Crippen molar-refractivity contribution in [3.05, 3.63) is 0 Å². The minimum atomic E-state index is -0.795. The molecule has 0 heterocycles. The topological polar surface area (TPSA) is 66.8 Å². The summed E-state index contributed by atoms with van der Waals surface area (Å²) in [6.45, 7) is 7.47. The lowest BCUT2D eigenvalue weighted by Crippen LogP contribution is -2.43. The van der Waals surface area contributed by atoms with E-state index in [9.17, 15) is 14.8 Å². The van der Waals surface area contributed by atoms with Crippen LogP contribution in [-0.2, 0) is 14.3 Å². The minimum absolute atomic E-state index is 0.0793. The molecular weight excluding hydrogens is 222 g/mol. The SMILES string of the molecule is CC[C@H](C)[C@@H](C(=O)OC(=O)CC(C)C)N(C)O. The van der Waals surface area contributed by atoms with E-state index in [1.165, 1.54) is 7.05 Å². The van der Waals surface area contributed by atoms with Crippen molar-refractivity contribution in [1.29, 1.82) is 0 Å². The molecule has 100 valence electrons. The van der Waals surface area contributed by atoms with Gasteiger partial charge < -0.3 is 9.94 Å². The average molecular weight is 245 g/mol. The average Bonchev–Trinajstić information content (AvgIpc) is 2.14. The lowest BCUT2D eigenvalue weighted by molar-refractivity contribution is -0.180. The molecule has 0 saturated heterocycles. The van der Waals surface area contributed by atoms with Crippen LogP contribution in [0.1, 0.15) is 40.5 Å². The van der Waals surface area contributed by atoms with Crippen molar-refractivity contribution in [1.82, 2.24) is 5.06 Å². The first kappa shape index (κ1) is 16.1. The number of hydroxylamine groups is 2. The summed E-state index contributed by atoms with van der Waals surface area (Å²) in [6, 6.07) is -0.795. The molecule has 0 aliphatic heterocycles. The van der Waals surface area contributed by atoms with Gasteiger partial charge in [0.15, 0.2) is 0 Å². The number of carbonyl (C=O) groups excluding carboxylic acids is 2. The maximum Gasteiger partial charge on any atom is 0.333 e. The van der Waals surface area contributed by atoms with Gasteiger partial charge in [-0.25, -0.2) is 4.79 Å². The van der Waals surface area contributed by atoms with E-state index in [1.54, 1.807) is 0 Å². The molecular formula is C12H23NO4. The molecule has 0 amide bonds. The molecule has 17 heavy (non-hydrogen) atoms. The van der Waals surface area contributed by atoms with Crippen LogP contribution in [0, 0.1) is 11.8 Å². The molecule has 5 heteroatoms. The number of likely N-dealkylation sites (N-methyl/N-ethyl adjacent to an activating group) is 1. The summed E-state index contributed by atoms with van der Waals surface area (Å²) in [5, 5.41) is 10.2. The highest BCUT2D eigenvalue weighted by molar-refractivity contribution is 5.88. The van der Waals surface area contributed by atoms with Crippen LogP contribution >= 0.6 is 0 Å². The van der Waals surface area contributed by atoms with E-state index in [0.717, 1.165) is 5.06 Å². The van der Waals surface area contributed by atoms with Crippen LogP contribution in [0.2, 0.25) is 0 Å². The van der Waals surface area contributed by atoms with Gasteiger partial charge in [0, 0.05) is 13.5 Å². The molecule has 0 aromatic heterocycles. The zero-order chi connectivity index (χ0) is 13.6. The summed E-state index contributed by atoms with van der Waals surface area (Å²) in [5.74, 6) is -1.16. The number of carbonyl (C=O) groups is 2. The first-order chi connectivity index (χ1) is 7.79. The van der Waals surface area contributed by atoms with Gasteiger partial charge in [0.05, 0.1) is 0 Å². The number of nitrogens with zero attached hydrogens (tertiary/aromatic N) is 1. The van der Waals surface area contributed by atoms with Crippen LogP contribution in [0.4, 0.5) is 0 Å². The molecule has 5 nitrogen and oxygen atoms in total. The normalized spacial score (nSPS) is 14.8. The van der Waals surface area contributed by atoms with E-state index in [-0.39, 0.29) is 18.3 Å². The van der Waals surface area contributed by atoms with E-state index in [0.29, 0.717) is 6.42 Å². The molecule has 0 radical (unpaired) electrons. The number of rotatable bonds is 6. The van der Waals surface area contributed by atoms with Crippen molar-refractivity contribution in [2.24, 2.45) is 11.8 Å². The van der Waals surface area contributed by atoms with Gasteiger partial charge in [0.25, 0.3) is 0 Å². The molecule has 0 saturated carbocycles. The van der Waals surface area contributed by atoms with E-state index in [1.807, 2.05) is 27.7 Å². The molecule has 0 unspecified atom stereocenters. The Morgan fingerprint density at radius 2 is 1.82 bits per heavy atom. The first-order valence-corrected chi connectivity index (χ1v) is 5.95. The zero-order valence-electron chi connectivity index (χ0n) is 11.3. The summed E-state index contributed by atoms with van der Waals surface area (Å²) in [7, 11) is 1.38. The second-order valence-electron chi connectivity index (χ2n) is 4.80. The second kappa shape index (κ2) is 7.40. The van der Waals surface area contributed by atoms with Crippen molar-refractivity contribution in [2.45, 2.75) is 46.6 Å². The largest absolute Gasteiger partial charge is 0.392 e. The molecule has 2 atom stereocenters. The third-order valence-electron chi connectivity index (χ3n) is 2.62. The standard InChI is InChI=1S/C12H23NO4/c1-6-9(4)11(13(5)16)12(15)17-10(14)7-8(2)3/h8-9,11,16H,6-7H2,1-5H3/t9-,11-/m0/s1. The molecule has 0 bridgehead atoms. The van der Waals surface area contributed by atoms with Gasteiger partial charge in [0.1, 0.15) is 6.04 Å². The van der Waals surface area contributed by atoms with E-state index in [2.05, 4.69) is 0 Å². The van der Waals surface area contributed by atoms with Crippen molar-refractivity contribution in [3.63, 3.8) is 0 Å². The third-order valence-corrected chi connectivity index (χ3v) is 2.62. The van der Waals surface area contributed by atoms with E-state index < -0.39 is 18.0 Å². The second-order valence-corrected chi connectivity index (χ2v) is 4.80. The predicted molar refractivity (Wildman–Crippen MR) is 63.3 cm³/mol. The quantitative estimate of drug-likeness (QED) is 0.439. The van der Waals surface area contributed by atoms with Crippen LogP contribution in [0.5, 0.6) is 0 Å². The van der Waals surface area contributed by atoms with Crippen LogP contribution in [0.15, 0.2) is 0 Å². The highest BCUT2D eigenvalue weighted by Crippen LogP contribution is 2.14. The molecule has 0 aliphatic rings. The summed E-state index contributed by atoms with van der Waals surface area (Å²) < 4.78 is 4.73. The third kappa shape index (κ3) is 5.79. The van der Waals surface area contributed by atoms with Gasteiger partial charge in [-0.2, -0.15) is 5.06 Å². The van der Waals surface area contributed by atoms with Gasteiger partial charge in [-0.1, -0.05) is 34.1 Å². The molecule has 0 rings (SSSR count). The van der Waals surface area contributed by atoms with Crippen molar-refractivity contribution in [3.8, 4) is 0 Å². The summed E-state index contributed by atoms with van der Waals surface area (Å²) >= 11 is 0. The smallest absolute Gasteiger partial charge is 0.333 e. The van der Waals surface area contributed by atoms with Crippen molar-refractivity contribution >= 4 is 11.9 Å². The predicted octanol–water partition coefficient (Wildman–Crippen LogP) is 1.84. The Morgan fingerprint density at radius 1 is 1.29 bits per heavy atom. The Bertz CT molecular complexity index is 263. The summed E-state index contributed by atoms with van der Waals surface area (Å²) in [6.07, 6.45) is 0.914. The highest BCUT2D eigenvalue weighted by Gasteiger charge is 2.30. The highest BCUT2D eigenvalue weighted by atomic mass is 16.6. The van der Waals surface area contributed by atoms with Crippen LogP contribution in [-0.4, -0.2) is 35.3 Å². The summed E-state index contributed by atoms with van der Waals surface area (Å²) in [5.41, 5.74) is 0. The first-order valence-electron chi connectivity index (χ1n) is 5.95. The Morgan fingerprint density at radius 3 is 2.18 bits per heavy atom. The Hall–Kier alpha value is -0.940. The molecule has 0 spiro atoms. The van der Waals surface area contributed by atoms with E-state index >= 15 is 0 Å². The maximum atomic E-state index is 11.7. The summed E-state index contributed by atoms with van der Waals surface area (Å²) in [4.78, 5) is 23.1. The Kier molecular flexibility index (Phi) is 6.99. The number of ether oxygens (including phenoxy) is 1. The van der Waals surface area contributed by atoms with Gasteiger partial charge in [-0.3, -0.25) is 4.79 Å². The Balaban J connectivity index is 4.48. The lowest BCUT2D eigenvalue weighted by Gasteiger charge is -2.25. The molecule has 0 fully saturated rings. The number of hydrogen-bond donors (Lipinski definition) is 1. The van der Waals surface area contributed by atoms with Gasteiger partial charge >= 0.3 is 11.9 Å². The van der Waals surface area contributed by atoms with Gasteiger partial charge in [-0.15, -0.1) is 0 Å². The van der Waals surface area contributed by atoms with Crippen LogP contribution < -0.4 is 0 Å². The maximum absolute atomic E-state index is 11.7. The number of hydrogen-bond acceptors (Lipinski definition) is 5. The Labute approximate surface area is 103 Å². The lowest BCUT2D eigenvalue weighted by atomic mass is 9.99. The van der Waals surface area contributed by atoms with Gasteiger partial charge in [-0.05, 0) is 11.8 Å². The van der Waals surface area contributed by atoms with Gasteiger partial charge in [0.2, 0.25) is 0 Å². The zero-order valence-corrected chi connectivity index (χ0v) is 11.3. The van der Waals surface area contributed by atoms with Crippen molar-refractivity contribution in [2.75, 3.05) is 7.05 Å². The molecule has 0 aromatic carbocycles. The van der Waals surface area contributed by atoms with Crippen LogP contribution in [0.25, 0.3) is 0 Å². The van der Waals surface area contributed by atoms with Crippen LogP contribution in [0.3, 0.4) is 0 Å². The molecule has 1 N–H and O–H groups in total. The monoisotopic (exact) mass is 245 g/mol. The molecule has 0 aromatic rings. The fourth-order valence-electron chi connectivity index (χ4n) is 1.52. The fourth-order valence-corrected chi connectivity index (χ4v) is 1.52.